The van der Waals surface area contributed by atoms with Gasteiger partial charge < -0.3 is 19.2 Å². The fourth-order valence-corrected chi connectivity index (χ4v) is 3.74. The van der Waals surface area contributed by atoms with Crippen molar-refractivity contribution in [3.8, 4) is 11.5 Å². The van der Waals surface area contributed by atoms with Gasteiger partial charge in [0.2, 0.25) is 0 Å². The average molecular weight is 385 g/mol. The van der Waals surface area contributed by atoms with Gasteiger partial charge in [-0.3, -0.25) is 9.59 Å². The van der Waals surface area contributed by atoms with Gasteiger partial charge in [0.15, 0.2) is 23.0 Å². The van der Waals surface area contributed by atoms with Crippen molar-refractivity contribution in [1.82, 2.24) is 5.32 Å². The van der Waals surface area contributed by atoms with Crippen LogP contribution in [0.25, 0.3) is 0 Å². The van der Waals surface area contributed by atoms with Gasteiger partial charge >= 0.3 is 0 Å². The number of carbonyl (C=O) groups is 2. The van der Waals surface area contributed by atoms with Crippen molar-refractivity contribution in [2.75, 3.05) is 20.8 Å². The molecule has 1 N–H and O–H groups in total. The van der Waals surface area contributed by atoms with E-state index in [-0.39, 0.29) is 22.9 Å². The highest BCUT2D eigenvalue weighted by Gasteiger charge is 2.36. The molecule has 1 heterocycles. The summed E-state index contributed by atoms with van der Waals surface area (Å²) in [6.07, 6.45) is 1.77. The van der Waals surface area contributed by atoms with Crippen molar-refractivity contribution >= 4 is 11.7 Å². The van der Waals surface area contributed by atoms with Crippen molar-refractivity contribution in [3.63, 3.8) is 0 Å². The number of hydrogen-bond donors (Lipinski definition) is 1. The Bertz CT molecular complexity index is 910. The molecule has 0 bridgehead atoms. The van der Waals surface area contributed by atoms with Gasteiger partial charge in [0.05, 0.1) is 19.8 Å². The van der Waals surface area contributed by atoms with E-state index in [9.17, 15) is 9.59 Å². The van der Waals surface area contributed by atoms with Gasteiger partial charge in [-0.05, 0) is 36.5 Å². The molecule has 3 rings (SSSR count). The molecule has 6 nitrogen and oxygen atoms in total. The smallest absolute Gasteiger partial charge is 0.287 e. The maximum absolute atomic E-state index is 12.6. The molecule has 0 saturated carbocycles. The molecule has 0 spiro atoms. The second-order valence-corrected chi connectivity index (χ2v) is 7.99. The van der Waals surface area contributed by atoms with Gasteiger partial charge in [-0.2, -0.15) is 0 Å². The molecule has 1 aliphatic rings. The van der Waals surface area contributed by atoms with Crippen LogP contribution < -0.4 is 14.8 Å². The van der Waals surface area contributed by atoms with Crippen LogP contribution in [0.4, 0.5) is 0 Å². The Morgan fingerprint density at radius 2 is 1.89 bits per heavy atom. The number of fused-ring (bicyclic) bond motifs is 1. The number of furan rings is 1. The van der Waals surface area contributed by atoms with Gasteiger partial charge in [0.1, 0.15) is 5.76 Å². The van der Waals surface area contributed by atoms with E-state index in [1.54, 1.807) is 21.1 Å². The van der Waals surface area contributed by atoms with E-state index in [0.29, 0.717) is 54.2 Å². The number of ketones is 1. The molecule has 1 amide bonds. The van der Waals surface area contributed by atoms with Crippen molar-refractivity contribution < 1.29 is 23.5 Å². The van der Waals surface area contributed by atoms with E-state index in [2.05, 4.69) is 5.32 Å². The van der Waals surface area contributed by atoms with Crippen molar-refractivity contribution in [3.05, 3.63) is 46.4 Å². The first-order valence-electron chi connectivity index (χ1n) is 9.40. The minimum Gasteiger partial charge on any atom is -0.493 e. The molecule has 2 aromatic rings. The Morgan fingerprint density at radius 3 is 2.57 bits per heavy atom. The summed E-state index contributed by atoms with van der Waals surface area (Å²) in [4.78, 5) is 25.1. The molecule has 150 valence electrons. The second-order valence-electron chi connectivity index (χ2n) is 7.99. The van der Waals surface area contributed by atoms with Crippen molar-refractivity contribution in [2.45, 2.75) is 40.0 Å². The standard InChI is InChI=1S/C22H27NO5/c1-13-19-15(24)11-22(2,3)12-18(19)28-20(13)21(25)23-9-8-14-6-7-16(26-4)17(10-14)27-5/h6-7,10H,8-9,11-12H2,1-5H3,(H,23,25). The molecule has 6 heteroatoms. The topological polar surface area (TPSA) is 77.8 Å². The van der Waals surface area contributed by atoms with Crippen LogP contribution in [0, 0.1) is 12.3 Å². The monoisotopic (exact) mass is 385 g/mol. The number of ether oxygens (including phenoxy) is 2. The third-order valence-electron chi connectivity index (χ3n) is 5.13. The third-order valence-corrected chi connectivity index (χ3v) is 5.13. The SMILES string of the molecule is COc1ccc(CCNC(=O)c2oc3c(c2C)C(=O)CC(C)(C)C3)cc1OC. The molecule has 1 aromatic carbocycles. The van der Waals surface area contributed by atoms with Crippen molar-refractivity contribution in [2.24, 2.45) is 5.41 Å². The average Bonchev–Trinajstić information content (AvgIpc) is 2.96. The predicted octanol–water partition coefficient (Wildman–Crippen LogP) is 3.73. The number of nitrogens with one attached hydrogen (secondary N) is 1. The lowest BCUT2D eigenvalue weighted by Crippen LogP contribution is -2.26. The molecule has 0 fully saturated rings. The Morgan fingerprint density at radius 1 is 1.18 bits per heavy atom. The molecule has 1 aromatic heterocycles. The summed E-state index contributed by atoms with van der Waals surface area (Å²) in [6, 6.07) is 5.67. The highest BCUT2D eigenvalue weighted by Crippen LogP contribution is 2.38. The van der Waals surface area contributed by atoms with Gasteiger partial charge in [0, 0.05) is 24.9 Å². The molecule has 0 saturated heterocycles. The number of carbonyl (C=O) groups excluding carboxylic acids is 2. The number of hydrogen-bond acceptors (Lipinski definition) is 5. The number of amides is 1. The minimum atomic E-state index is -0.294. The summed E-state index contributed by atoms with van der Waals surface area (Å²) in [5.74, 6) is 1.95. The van der Waals surface area contributed by atoms with E-state index < -0.39 is 0 Å². The van der Waals surface area contributed by atoms with E-state index in [1.807, 2.05) is 32.0 Å². The van der Waals surface area contributed by atoms with Gasteiger partial charge in [-0.15, -0.1) is 0 Å². The molecular formula is C22H27NO5. The van der Waals surface area contributed by atoms with E-state index >= 15 is 0 Å². The van der Waals surface area contributed by atoms with Gasteiger partial charge in [0.25, 0.3) is 5.91 Å². The largest absolute Gasteiger partial charge is 0.493 e. The molecule has 0 radical (unpaired) electrons. The van der Waals surface area contributed by atoms with Crippen LogP contribution in [0.5, 0.6) is 11.5 Å². The summed E-state index contributed by atoms with van der Waals surface area (Å²) in [7, 11) is 3.18. The lowest BCUT2D eigenvalue weighted by molar-refractivity contribution is 0.0889. The first-order valence-corrected chi connectivity index (χ1v) is 9.40. The predicted molar refractivity (Wildman–Crippen MR) is 105 cm³/mol. The Kier molecular flexibility index (Phi) is 5.49. The summed E-state index contributed by atoms with van der Waals surface area (Å²) in [5.41, 5.74) is 2.10. The fraction of sp³-hybridized carbons (Fsp3) is 0.455. The lowest BCUT2D eigenvalue weighted by atomic mass is 9.76. The van der Waals surface area contributed by atoms with E-state index in [1.165, 1.54) is 0 Å². The van der Waals surface area contributed by atoms with Crippen LogP contribution in [0.1, 0.15) is 58.1 Å². The normalized spacial score (nSPS) is 15.1. The number of methoxy groups -OCH3 is 2. The van der Waals surface area contributed by atoms with Crippen LogP contribution in [0.15, 0.2) is 22.6 Å². The second kappa shape index (κ2) is 7.70. The molecule has 0 unspecified atom stereocenters. The summed E-state index contributed by atoms with van der Waals surface area (Å²) >= 11 is 0. The van der Waals surface area contributed by atoms with Crippen LogP contribution in [-0.4, -0.2) is 32.5 Å². The third kappa shape index (κ3) is 3.91. The highest BCUT2D eigenvalue weighted by atomic mass is 16.5. The zero-order valence-electron chi connectivity index (χ0n) is 17.1. The molecule has 1 aliphatic carbocycles. The van der Waals surface area contributed by atoms with Crippen LogP contribution in [0.3, 0.4) is 0 Å². The van der Waals surface area contributed by atoms with E-state index in [4.69, 9.17) is 13.9 Å². The summed E-state index contributed by atoms with van der Waals surface area (Å²) < 4.78 is 16.3. The first kappa shape index (κ1) is 20.0. The maximum Gasteiger partial charge on any atom is 0.287 e. The maximum atomic E-state index is 12.6. The van der Waals surface area contributed by atoms with Crippen LogP contribution >= 0.6 is 0 Å². The van der Waals surface area contributed by atoms with E-state index in [0.717, 1.165) is 5.56 Å². The van der Waals surface area contributed by atoms with Gasteiger partial charge in [-0.25, -0.2) is 0 Å². The molecular weight excluding hydrogens is 358 g/mol. The van der Waals surface area contributed by atoms with Gasteiger partial charge in [-0.1, -0.05) is 19.9 Å². The molecule has 0 atom stereocenters. The minimum absolute atomic E-state index is 0.0527. The quantitative estimate of drug-likeness (QED) is 0.820. The van der Waals surface area contributed by atoms with Crippen LogP contribution in [-0.2, 0) is 12.8 Å². The van der Waals surface area contributed by atoms with Crippen molar-refractivity contribution in [1.29, 1.82) is 0 Å². The zero-order valence-corrected chi connectivity index (χ0v) is 17.1. The Balaban J connectivity index is 1.67. The number of rotatable bonds is 6. The summed E-state index contributed by atoms with van der Waals surface area (Å²) in [5, 5.41) is 2.88. The first-order chi connectivity index (χ1) is 13.3. The highest BCUT2D eigenvalue weighted by molar-refractivity contribution is 6.03. The van der Waals surface area contributed by atoms with Crippen LogP contribution in [0.2, 0.25) is 0 Å². The molecule has 0 aliphatic heterocycles. The Labute approximate surface area is 165 Å². The lowest BCUT2D eigenvalue weighted by Gasteiger charge is -2.27. The fourth-order valence-electron chi connectivity index (χ4n) is 3.74. The Hall–Kier alpha value is -2.76. The molecule has 28 heavy (non-hydrogen) atoms. The number of Topliss-reactive ketones (excluding diaryl/α,β-unsaturated/α-hetero) is 1. The number of benzene rings is 1. The summed E-state index contributed by atoms with van der Waals surface area (Å²) in [6.45, 7) is 6.30. The zero-order chi connectivity index (χ0) is 20.5.